The van der Waals surface area contributed by atoms with Gasteiger partial charge < -0.3 is 15.5 Å². The Bertz CT molecular complexity index is 1330. The van der Waals surface area contributed by atoms with E-state index in [0.29, 0.717) is 29.1 Å². The van der Waals surface area contributed by atoms with E-state index in [1.165, 1.54) is 36.1 Å². The number of nitrogens with one attached hydrogen (secondary N) is 2. The normalized spacial score (nSPS) is 24.2. The number of amides is 4. The van der Waals surface area contributed by atoms with Gasteiger partial charge in [-0.2, -0.15) is 0 Å². The number of nitrogens with zero attached hydrogens (tertiary/aromatic N) is 3. The van der Waals surface area contributed by atoms with Crippen LogP contribution in [-0.4, -0.2) is 59.7 Å². The van der Waals surface area contributed by atoms with E-state index in [2.05, 4.69) is 27.8 Å². The van der Waals surface area contributed by atoms with Gasteiger partial charge in [0.25, 0.3) is 5.91 Å². The maximum Gasteiger partial charge on any atom is 0.324 e. The summed E-state index contributed by atoms with van der Waals surface area (Å²) in [4.78, 5) is 49.0. The van der Waals surface area contributed by atoms with Gasteiger partial charge in [-0.15, -0.1) is 0 Å². The van der Waals surface area contributed by atoms with Gasteiger partial charge in [0.05, 0.1) is 0 Å². The largest absolute Gasteiger partial charge is 0.341 e. The molecule has 4 amide bonds. The van der Waals surface area contributed by atoms with Crippen molar-refractivity contribution in [3.63, 3.8) is 0 Å². The van der Waals surface area contributed by atoms with Crippen molar-refractivity contribution in [2.75, 3.05) is 30.3 Å². The zero-order valence-corrected chi connectivity index (χ0v) is 24.7. The molecule has 2 aliphatic carbocycles. The molecule has 3 aliphatic heterocycles. The van der Waals surface area contributed by atoms with Crippen LogP contribution in [0.2, 0.25) is 0 Å². The molecule has 1 atom stereocenters. The molecule has 2 saturated carbocycles. The SMILES string of the molecule is Cc1cc(NC(=O)N(CC(=O)N2CC3CCC(CC3)C2)C2N=Cc3ccccc3NC2=O)cc(C2CCCCCC2)c1. The maximum absolute atomic E-state index is 14.0. The lowest BCUT2D eigenvalue weighted by molar-refractivity contribution is -0.133. The zero-order chi connectivity index (χ0) is 29.1. The number of benzodiazepines with no additional fused rings is 1. The van der Waals surface area contributed by atoms with Crippen molar-refractivity contribution < 1.29 is 14.4 Å². The highest BCUT2D eigenvalue weighted by Gasteiger charge is 2.36. The van der Waals surface area contributed by atoms with Gasteiger partial charge in [-0.3, -0.25) is 19.5 Å². The van der Waals surface area contributed by atoms with E-state index in [1.807, 2.05) is 42.2 Å². The van der Waals surface area contributed by atoms with E-state index >= 15 is 0 Å². The number of anilines is 2. The van der Waals surface area contributed by atoms with E-state index in [9.17, 15) is 14.4 Å². The molecule has 8 nitrogen and oxygen atoms in total. The van der Waals surface area contributed by atoms with Crippen LogP contribution in [0.4, 0.5) is 16.2 Å². The lowest BCUT2D eigenvalue weighted by Crippen LogP contribution is -2.52. The molecule has 7 rings (SSSR count). The Hall–Kier alpha value is -3.68. The van der Waals surface area contributed by atoms with Crippen molar-refractivity contribution >= 4 is 35.4 Å². The molecule has 2 N–H and O–H groups in total. The van der Waals surface area contributed by atoms with E-state index in [-0.39, 0.29) is 12.5 Å². The molecule has 1 unspecified atom stereocenters. The average molecular weight is 570 g/mol. The highest BCUT2D eigenvalue weighted by Crippen LogP contribution is 2.35. The molecule has 2 saturated heterocycles. The van der Waals surface area contributed by atoms with E-state index in [1.54, 1.807) is 6.21 Å². The Kier molecular flexibility index (Phi) is 8.58. The molecule has 222 valence electrons. The highest BCUT2D eigenvalue weighted by molar-refractivity contribution is 6.05. The van der Waals surface area contributed by atoms with E-state index < -0.39 is 18.1 Å². The Morgan fingerprint density at radius 1 is 0.952 bits per heavy atom. The molecule has 4 fully saturated rings. The van der Waals surface area contributed by atoms with Gasteiger partial charge in [0.2, 0.25) is 12.1 Å². The number of carbonyl (C=O) groups excluding carboxylic acids is 3. The fraction of sp³-hybridized carbons (Fsp3) is 0.529. The highest BCUT2D eigenvalue weighted by atomic mass is 16.2. The van der Waals surface area contributed by atoms with Crippen LogP contribution < -0.4 is 10.6 Å². The minimum Gasteiger partial charge on any atom is -0.341 e. The fourth-order valence-electron chi connectivity index (χ4n) is 7.30. The topological polar surface area (TPSA) is 94.1 Å². The summed E-state index contributed by atoms with van der Waals surface area (Å²) >= 11 is 0. The molecule has 3 heterocycles. The first-order valence-corrected chi connectivity index (χ1v) is 15.8. The molecule has 42 heavy (non-hydrogen) atoms. The second-order valence-corrected chi connectivity index (χ2v) is 12.8. The third-order valence-electron chi connectivity index (χ3n) is 9.62. The Morgan fingerprint density at radius 3 is 2.36 bits per heavy atom. The summed E-state index contributed by atoms with van der Waals surface area (Å²) in [5.74, 6) is 0.946. The molecule has 2 bridgehead atoms. The molecule has 2 aromatic carbocycles. The molecular formula is C34H43N5O3. The third-order valence-corrected chi connectivity index (χ3v) is 9.62. The lowest BCUT2D eigenvalue weighted by Gasteiger charge is -2.31. The molecule has 2 aromatic rings. The van der Waals surface area contributed by atoms with Crippen LogP contribution in [0.15, 0.2) is 47.5 Å². The van der Waals surface area contributed by atoms with Gasteiger partial charge in [0.15, 0.2) is 0 Å². The van der Waals surface area contributed by atoms with Crippen LogP contribution in [0.5, 0.6) is 0 Å². The first kappa shape index (κ1) is 28.4. The Balaban J connectivity index is 1.26. The molecular weight excluding hydrogens is 526 g/mol. The summed E-state index contributed by atoms with van der Waals surface area (Å²) in [6.45, 7) is 3.28. The van der Waals surface area contributed by atoms with Gasteiger partial charge in [-0.25, -0.2) is 4.79 Å². The number of carbonyl (C=O) groups is 3. The van der Waals surface area contributed by atoms with E-state index in [0.717, 1.165) is 62.7 Å². The number of urea groups is 1. The second-order valence-electron chi connectivity index (χ2n) is 12.8. The summed E-state index contributed by atoms with van der Waals surface area (Å²) in [6.07, 6.45) is 12.4. The number of aryl methyl sites for hydroxylation is 1. The van der Waals surface area contributed by atoms with Crippen LogP contribution in [-0.2, 0) is 9.59 Å². The van der Waals surface area contributed by atoms with Gasteiger partial charge in [0, 0.05) is 36.2 Å². The number of aliphatic imine (C=N–C) groups is 1. The standard InChI is InChI=1S/C34H43N5O3/c1-23-16-28(26-8-4-2-3-5-9-26)18-29(17-23)36-34(42)39(22-31(40)38-20-24-12-13-25(21-38)15-14-24)32-33(41)37-30-11-7-6-10-27(30)19-35-32/h6-7,10-11,16-19,24-26,32H,2-5,8-9,12-15,20-22H2,1H3,(H,36,42)(H,37,41). The summed E-state index contributed by atoms with van der Waals surface area (Å²) in [7, 11) is 0. The molecule has 0 radical (unpaired) electrons. The smallest absolute Gasteiger partial charge is 0.324 e. The summed E-state index contributed by atoms with van der Waals surface area (Å²) in [5.41, 5.74) is 4.41. The van der Waals surface area contributed by atoms with Crippen molar-refractivity contribution in [1.82, 2.24) is 9.80 Å². The molecule has 8 heteroatoms. The number of hydrogen-bond donors (Lipinski definition) is 2. The Labute approximate surface area is 248 Å². The first-order chi connectivity index (χ1) is 20.4. The predicted molar refractivity (Wildman–Crippen MR) is 166 cm³/mol. The van der Waals surface area contributed by atoms with Crippen LogP contribution >= 0.6 is 0 Å². The Morgan fingerprint density at radius 2 is 1.64 bits per heavy atom. The van der Waals surface area contributed by atoms with Crippen LogP contribution in [0.1, 0.15) is 86.8 Å². The van der Waals surface area contributed by atoms with Gasteiger partial charge in [-0.05, 0) is 92.5 Å². The summed E-state index contributed by atoms with van der Waals surface area (Å²) in [5, 5.41) is 5.97. The lowest BCUT2D eigenvalue weighted by atomic mass is 9.84. The predicted octanol–water partition coefficient (Wildman–Crippen LogP) is 6.31. The molecule has 5 aliphatic rings. The van der Waals surface area contributed by atoms with Gasteiger partial charge in [0.1, 0.15) is 6.54 Å². The van der Waals surface area contributed by atoms with Crippen molar-refractivity contribution in [2.24, 2.45) is 16.8 Å². The maximum atomic E-state index is 14.0. The van der Waals surface area contributed by atoms with Crippen LogP contribution in [0.25, 0.3) is 0 Å². The van der Waals surface area contributed by atoms with Crippen LogP contribution in [0.3, 0.4) is 0 Å². The first-order valence-electron chi connectivity index (χ1n) is 15.8. The number of para-hydroxylation sites is 1. The van der Waals surface area contributed by atoms with Crippen molar-refractivity contribution in [3.8, 4) is 0 Å². The number of hydrogen-bond acceptors (Lipinski definition) is 4. The number of fused-ring (bicyclic) bond motifs is 5. The monoisotopic (exact) mass is 569 g/mol. The van der Waals surface area contributed by atoms with Crippen molar-refractivity contribution in [2.45, 2.75) is 83.2 Å². The van der Waals surface area contributed by atoms with Crippen LogP contribution in [0, 0.1) is 18.8 Å². The minimum atomic E-state index is -1.17. The second kappa shape index (κ2) is 12.7. The van der Waals surface area contributed by atoms with Gasteiger partial charge in [-0.1, -0.05) is 49.9 Å². The molecule has 0 aromatic heterocycles. The van der Waals surface area contributed by atoms with Gasteiger partial charge >= 0.3 is 6.03 Å². The van der Waals surface area contributed by atoms with Crippen molar-refractivity contribution in [1.29, 1.82) is 0 Å². The third kappa shape index (κ3) is 6.53. The average Bonchev–Trinajstić information content (AvgIpc) is 3.51. The summed E-state index contributed by atoms with van der Waals surface area (Å²) < 4.78 is 0. The van der Waals surface area contributed by atoms with E-state index in [4.69, 9.17) is 0 Å². The number of rotatable bonds is 5. The zero-order valence-electron chi connectivity index (χ0n) is 24.7. The summed E-state index contributed by atoms with van der Waals surface area (Å²) in [6, 6.07) is 13.2. The quantitative estimate of drug-likeness (QED) is 0.413. The fourth-order valence-corrected chi connectivity index (χ4v) is 7.30. The van der Waals surface area contributed by atoms with Crippen molar-refractivity contribution in [3.05, 3.63) is 59.2 Å². The molecule has 0 spiro atoms. The number of benzene rings is 2. The minimum absolute atomic E-state index is 0.128.